The second-order valence-electron chi connectivity index (χ2n) is 8.06. The highest BCUT2D eigenvalue weighted by molar-refractivity contribution is 7.87. The summed E-state index contributed by atoms with van der Waals surface area (Å²) in [7, 11) is 0.654. The smallest absolute Gasteiger partial charge is 0.238 e. The number of thiazole rings is 1. The highest BCUT2D eigenvalue weighted by Crippen LogP contribution is 2.33. The number of pyridine rings is 1. The Bertz CT molecular complexity index is 1130. The van der Waals surface area contributed by atoms with Crippen LogP contribution in [0, 0.1) is 0 Å². The first-order valence-electron chi connectivity index (χ1n) is 9.88. The Morgan fingerprint density at radius 2 is 1.94 bits per heavy atom. The van der Waals surface area contributed by atoms with E-state index in [1.807, 2.05) is 49.6 Å². The third-order valence-corrected chi connectivity index (χ3v) is 7.86. The van der Waals surface area contributed by atoms with Gasteiger partial charge in [-0.05, 0) is 50.5 Å². The molecule has 1 aliphatic rings. The Hall–Kier alpha value is -2.29. The molecule has 1 fully saturated rings. The zero-order valence-electron chi connectivity index (χ0n) is 17.5. The van der Waals surface area contributed by atoms with Crippen LogP contribution in [-0.2, 0) is 21.2 Å². The molecule has 0 aliphatic heterocycles. The van der Waals surface area contributed by atoms with Crippen LogP contribution >= 0.6 is 22.9 Å². The number of aromatic nitrogens is 2. The topological polar surface area (TPSA) is 75.2 Å². The van der Waals surface area contributed by atoms with Gasteiger partial charge in [-0.15, -0.1) is 11.3 Å². The maximum Gasteiger partial charge on any atom is 0.238 e. The van der Waals surface area contributed by atoms with Gasteiger partial charge in [0.1, 0.15) is 11.0 Å². The van der Waals surface area contributed by atoms with Crippen molar-refractivity contribution in [3.8, 4) is 11.1 Å². The number of nitrogens with one attached hydrogen (secondary N) is 1. The number of likely N-dealkylation sites (N-methyl/N-ethyl adjacent to an activating group) is 1. The second kappa shape index (κ2) is 8.68. The van der Waals surface area contributed by atoms with Crippen LogP contribution in [0.4, 0.5) is 10.8 Å². The number of amides is 1. The van der Waals surface area contributed by atoms with Crippen molar-refractivity contribution in [3.63, 3.8) is 0 Å². The number of carbonyl (C=O) groups excluding carboxylic acids is 1. The number of halogens is 1. The van der Waals surface area contributed by atoms with Crippen molar-refractivity contribution in [2.75, 3.05) is 16.7 Å². The van der Waals surface area contributed by atoms with Gasteiger partial charge in [0.2, 0.25) is 5.91 Å². The normalized spacial score (nSPS) is 14.8. The van der Waals surface area contributed by atoms with Crippen LogP contribution in [-0.4, -0.2) is 32.4 Å². The van der Waals surface area contributed by atoms with Crippen molar-refractivity contribution in [1.82, 2.24) is 9.97 Å². The third kappa shape index (κ3) is 4.81. The van der Waals surface area contributed by atoms with Gasteiger partial charge in [-0.3, -0.25) is 14.5 Å². The standard InChI is InChI=1S/C22H23ClN4O2S2/c1-22(2,19-13-30-21(25-19)26-31(29)18-8-9-18)20(28)27(3)17-6-4-14(5-7-17)15-10-16(23)12-24-11-15/h4-7,10-13,18H,8-9H2,1-3H3,(H,25,26). The van der Waals surface area contributed by atoms with Crippen LogP contribution in [0.1, 0.15) is 32.4 Å². The summed E-state index contributed by atoms with van der Waals surface area (Å²) in [5.41, 5.74) is 2.49. The first-order valence-corrected chi connectivity index (χ1v) is 12.3. The molecule has 1 saturated carbocycles. The SMILES string of the molecule is CN(C(=O)C(C)(C)c1csc(NS(=O)C2CC2)n1)c1ccc(-c2cncc(Cl)c2)cc1. The molecule has 1 aromatic carbocycles. The third-order valence-electron chi connectivity index (χ3n) is 5.29. The number of nitrogens with zero attached hydrogens (tertiary/aromatic N) is 3. The van der Waals surface area contributed by atoms with E-state index in [1.165, 1.54) is 11.3 Å². The van der Waals surface area contributed by atoms with Gasteiger partial charge in [0, 0.05) is 36.1 Å². The van der Waals surface area contributed by atoms with Crippen molar-refractivity contribution < 1.29 is 9.00 Å². The molecule has 4 rings (SSSR count). The molecule has 0 saturated heterocycles. The van der Waals surface area contributed by atoms with E-state index in [2.05, 4.69) is 14.7 Å². The molecule has 162 valence electrons. The van der Waals surface area contributed by atoms with Crippen molar-refractivity contribution in [2.45, 2.75) is 37.4 Å². The van der Waals surface area contributed by atoms with Gasteiger partial charge >= 0.3 is 0 Å². The average Bonchev–Trinajstić information content (AvgIpc) is 3.51. The van der Waals surface area contributed by atoms with Gasteiger partial charge in [0.25, 0.3) is 0 Å². The summed E-state index contributed by atoms with van der Waals surface area (Å²) in [6, 6.07) is 9.54. The highest BCUT2D eigenvalue weighted by atomic mass is 35.5. The van der Waals surface area contributed by atoms with E-state index in [1.54, 1.807) is 24.3 Å². The number of anilines is 2. The number of carbonyl (C=O) groups is 1. The molecule has 31 heavy (non-hydrogen) atoms. The lowest BCUT2D eigenvalue weighted by Crippen LogP contribution is -2.41. The van der Waals surface area contributed by atoms with Gasteiger partial charge in [0.05, 0.1) is 21.4 Å². The lowest BCUT2D eigenvalue weighted by atomic mass is 9.88. The van der Waals surface area contributed by atoms with Crippen LogP contribution in [0.15, 0.2) is 48.1 Å². The fraction of sp³-hybridized carbons (Fsp3) is 0.318. The molecule has 0 radical (unpaired) electrons. The minimum Gasteiger partial charge on any atom is -0.315 e. The van der Waals surface area contributed by atoms with Gasteiger partial charge in [-0.1, -0.05) is 23.7 Å². The Morgan fingerprint density at radius 1 is 1.23 bits per heavy atom. The minimum atomic E-state index is -1.10. The first kappa shape index (κ1) is 21.9. The van der Waals surface area contributed by atoms with Crippen LogP contribution in [0.5, 0.6) is 0 Å². The van der Waals surface area contributed by atoms with Crippen LogP contribution in [0.25, 0.3) is 11.1 Å². The summed E-state index contributed by atoms with van der Waals surface area (Å²) in [5, 5.41) is 3.24. The minimum absolute atomic E-state index is 0.0789. The molecule has 2 heterocycles. The fourth-order valence-corrected chi connectivity index (χ4v) is 5.44. The molecule has 2 aromatic heterocycles. The molecule has 1 aliphatic carbocycles. The van der Waals surface area contributed by atoms with Crippen molar-refractivity contribution in [3.05, 3.63) is 58.8 Å². The van der Waals surface area contributed by atoms with Gasteiger partial charge in [-0.2, -0.15) is 0 Å². The summed E-state index contributed by atoms with van der Waals surface area (Å²) >= 11 is 7.41. The van der Waals surface area contributed by atoms with Gasteiger partial charge in [-0.25, -0.2) is 9.19 Å². The molecule has 6 nitrogen and oxygen atoms in total. The van der Waals surface area contributed by atoms with E-state index in [0.717, 1.165) is 29.7 Å². The molecule has 3 aromatic rings. The Labute approximate surface area is 193 Å². The van der Waals surface area contributed by atoms with Crippen molar-refractivity contribution in [1.29, 1.82) is 0 Å². The fourth-order valence-electron chi connectivity index (χ4n) is 3.15. The van der Waals surface area contributed by atoms with Crippen LogP contribution in [0.2, 0.25) is 5.02 Å². The zero-order chi connectivity index (χ0) is 22.2. The molecule has 0 bridgehead atoms. The summed E-state index contributed by atoms with van der Waals surface area (Å²) in [6.45, 7) is 3.71. The average molecular weight is 475 g/mol. The predicted molar refractivity (Wildman–Crippen MR) is 128 cm³/mol. The number of benzene rings is 1. The molecule has 1 atom stereocenters. The quantitative estimate of drug-likeness (QED) is 0.520. The summed E-state index contributed by atoms with van der Waals surface area (Å²) in [5.74, 6) is -0.0789. The van der Waals surface area contributed by atoms with Crippen LogP contribution < -0.4 is 9.62 Å². The van der Waals surface area contributed by atoms with E-state index < -0.39 is 16.4 Å². The predicted octanol–water partition coefficient (Wildman–Crippen LogP) is 5.04. The zero-order valence-corrected chi connectivity index (χ0v) is 19.9. The molecular formula is C22H23ClN4O2S2. The molecule has 1 unspecified atom stereocenters. The summed E-state index contributed by atoms with van der Waals surface area (Å²) in [4.78, 5) is 23.6. The lowest BCUT2D eigenvalue weighted by molar-refractivity contribution is -0.122. The number of rotatable bonds is 7. The molecular weight excluding hydrogens is 452 g/mol. The lowest BCUT2D eigenvalue weighted by Gasteiger charge is -2.28. The van der Waals surface area contributed by atoms with Crippen molar-refractivity contribution in [2.24, 2.45) is 0 Å². The van der Waals surface area contributed by atoms with E-state index in [4.69, 9.17) is 11.6 Å². The van der Waals surface area contributed by atoms with E-state index >= 15 is 0 Å². The van der Waals surface area contributed by atoms with Crippen LogP contribution in [0.3, 0.4) is 0 Å². The molecule has 0 spiro atoms. The molecule has 1 amide bonds. The van der Waals surface area contributed by atoms with Crippen molar-refractivity contribution >= 4 is 50.6 Å². The first-order chi connectivity index (χ1) is 14.8. The van der Waals surface area contributed by atoms with Gasteiger partial charge in [0.15, 0.2) is 5.13 Å². The largest absolute Gasteiger partial charge is 0.315 e. The Balaban J connectivity index is 1.48. The molecule has 1 N–H and O–H groups in total. The van der Waals surface area contributed by atoms with E-state index in [9.17, 15) is 9.00 Å². The summed E-state index contributed by atoms with van der Waals surface area (Å²) < 4.78 is 15.1. The Morgan fingerprint density at radius 3 is 2.58 bits per heavy atom. The second-order valence-corrected chi connectivity index (χ2v) is 10.8. The highest BCUT2D eigenvalue weighted by Gasteiger charge is 2.36. The van der Waals surface area contributed by atoms with Gasteiger partial charge < -0.3 is 4.90 Å². The Kier molecular flexibility index (Phi) is 6.14. The summed E-state index contributed by atoms with van der Waals surface area (Å²) in [6.07, 6.45) is 5.32. The maximum absolute atomic E-state index is 13.3. The maximum atomic E-state index is 13.3. The van der Waals surface area contributed by atoms with E-state index in [0.29, 0.717) is 15.8 Å². The molecule has 9 heteroatoms. The number of hydrogen-bond acceptors (Lipinski definition) is 5. The van der Waals surface area contributed by atoms with E-state index in [-0.39, 0.29) is 11.2 Å². The number of hydrogen-bond donors (Lipinski definition) is 1. The monoisotopic (exact) mass is 474 g/mol.